The second-order valence-corrected chi connectivity index (χ2v) is 4.10. The molecule has 15 heavy (non-hydrogen) atoms. The van der Waals surface area contributed by atoms with Crippen LogP contribution in [0.25, 0.3) is 0 Å². The summed E-state index contributed by atoms with van der Waals surface area (Å²) in [7, 11) is 0. The Kier molecular flexibility index (Phi) is 4.39. The van der Waals surface area contributed by atoms with Crippen molar-refractivity contribution < 1.29 is 9.53 Å². The maximum absolute atomic E-state index is 12.2. The molecule has 0 aromatic rings. The molecule has 2 atom stereocenters. The van der Waals surface area contributed by atoms with E-state index < -0.39 is 0 Å². The normalized spacial score (nSPS) is 26.5. The summed E-state index contributed by atoms with van der Waals surface area (Å²) in [5.74, 6) is 0. The predicted octanol–water partition coefficient (Wildman–Crippen LogP) is 1.56. The largest absolute Gasteiger partial charge is 0.377 e. The van der Waals surface area contributed by atoms with Crippen LogP contribution in [0.1, 0.15) is 27.7 Å². The summed E-state index contributed by atoms with van der Waals surface area (Å²) in [4.78, 5) is 16.0. The van der Waals surface area contributed by atoms with Gasteiger partial charge >= 0.3 is 6.03 Å². The second kappa shape index (κ2) is 5.35. The summed E-state index contributed by atoms with van der Waals surface area (Å²) >= 11 is 0. The van der Waals surface area contributed by atoms with Gasteiger partial charge in [-0.15, -0.1) is 0 Å². The molecule has 4 heteroatoms. The molecule has 2 unspecified atom stereocenters. The summed E-state index contributed by atoms with van der Waals surface area (Å²) in [6.07, 6.45) is 0. The lowest BCUT2D eigenvalue weighted by Crippen LogP contribution is -2.56. The minimum atomic E-state index is 0.142. The van der Waals surface area contributed by atoms with E-state index in [0.29, 0.717) is 13.2 Å². The summed E-state index contributed by atoms with van der Waals surface area (Å²) in [6, 6.07) is 0.506. The van der Waals surface area contributed by atoms with Crippen LogP contribution < -0.4 is 0 Å². The zero-order chi connectivity index (χ0) is 11.4. The fourth-order valence-electron chi connectivity index (χ4n) is 2.04. The van der Waals surface area contributed by atoms with Crippen molar-refractivity contribution in [1.29, 1.82) is 0 Å². The van der Waals surface area contributed by atoms with Gasteiger partial charge in [0.15, 0.2) is 0 Å². The molecule has 1 aliphatic heterocycles. The van der Waals surface area contributed by atoms with Gasteiger partial charge in [-0.05, 0) is 27.7 Å². The molecule has 0 aromatic carbocycles. The molecular formula is C11H22N2O2. The van der Waals surface area contributed by atoms with Gasteiger partial charge in [0, 0.05) is 13.1 Å². The number of carbonyl (C=O) groups is 1. The third-order valence-electron chi connectivity index (χ3n) is 2.92. The highest BCUT2D eigenvalue weighted by Crippen LogP contribution is 2.15. The fourth-order valence-corrected chi connectivity index (χ4v) is 2.04. The molecule has 0 N–H and O–H groups in total. The summed E-state index contributed by atoms with van der Waals surface area (Å²) in [5.41, 5.74) is 0. The number of hydrogen-bond acceptors (Lipinski definition) is 2. The van der Waals surface area contributed by atoms with Gasteiger partial charge < -0.3 is 14.5 Å². The highest BCUT2D eigenvalue weighted by Gasteiger charge is 2.31. The molecule has 1 heterocycles. The molecule has 1 fully saturated rings. The Morgan fingerprint density at radius 3 is 2.13 bits per heavy atom. The van der Waals surface area contributed by atoms with Gasteiger partial charge in [-0.25, -0.2) is 4.79 Å². The minimum absolute atomic E-state index is 0.142. The van der Waals surface area contributed by atoms with Crippen LogP contribution in [0.2, 0.25) is 0 Å². The molecule has 1 aliphatic rings. The van der Waals surface area contributed by atoms with E-state index in [9.17, 15) is 4.79 Å². The molecule has 1 saturated heterocycles. The third-order valence-corrected chi connectivity index (χ3v) is 2.92. The molecule has 0 bridgehead atoms. The Bertz CT molecular complexity index is 207. The van der Waals surface area contributed by atoms with Crippen molar-refractivity contribution in [3.63, 3.8) is 0 Å². The van der Waals surface area contributed by atoms with Crippen LogP contribution in [0.4, 0.5) is 4.79 Å². The van der Waals surface area contributed by atoms with Gasteiger partial charge in [-0.1, -0.05) is 0 Å². The quantitative estimate of drug-likeness (QED) is 0.699. The van der Waals surface area contributed by atoms with Crippen LogP contribution in [0.5, 0.6) is 0 Å². The number of nitrogens with zero attached hydrogens (tertiary/aromatic N) is 2. The van der Waals surface area contributed by atoms with E-state index in [0.717, 1.165) is 13.1 Å². The maximum atomic E-state index is 12.2. The third kappa shape index (κ3) is 2.62. The van der Waals surface area contributed by atoms with Crippen LogP contribution in [0.15, 0.2) is 0 Å². The van der Waals surface area contributed by atoms with E-state index in [1.165, 1.54) is 0 Å². The summed E-state index contributed by atoms with van der Waals surface area (Å²) in [6.45, 7) is 10.9. The van der Waals surface area contributed by atoms with E-state index in [1.54, 1.807) is 0 Å². The molecule has 4 nitrogen and oxygen atoms in total. The van der Waals surface area contributed by atoms with E-state index >= 15 is 0 Å². The Balaban J connectivity index is 2.70. The first-order valence-electron chi connectivity index (χ1n) is 5.76. The van der Waals surface area contributed by atoms with Crippen molar-refractivity contribution in [2.75, 3.05) is 26.3 Å². The van der Waals surface area contributed by atoms with Crippen LogP contribution in [0, 0.1) is 0 Å². The lowest BCUT2D eigenvalue weighted by Gasteiger charge is -2.41. The topological polar surface area (TPSA) is 32.8 Å². The first-order valence-corrected chi connectivity index (χ1v) is 5.76. The fraction of sp³-hybridized carbons (Fsp3) is 0.909. The number of carbonyl (C=O) groups excluding carboxylic acids is 1. The number of ether oxygens (including phenoxy) is 1. The minimum Gasteiger partial charge on any atom is -0.377 e. The number of hydrogen-bond donors (Lipinski definition) is 0. The van der Waals surface area contributed by atoms with Crippen molar-refractivity contribution in [1.82, 2.24) is 9.80 Å². The zero-order valence-corrected chi connectivity index (χ0v) is 10.2. The Morgan fingerprint density at radius 1 is 1.27 bits per heavy atom. The Labute approximate surface area is 92.2 Å². The molecule has 88 valence electrons. The molecule has 1 rings (SSSR count). The predicted molar refractivity (Wildman–Crippen MR) is 59.9 cm³/mol. The smallest absolute Gasteiger partial charge is 0.320 e. The van der Waals surface area contributed by atoms with Crippen molar-refractivity contribution in [2.24, 2.45) is 0 Å². The number of amides is 2. The van der Waals surface area contributed by atoms with Crippen molar-refractivity contribution in [2.45, 2.75) is 39.8 Å². The summed E-state index contributed by atoms with van der Waals surface area (Å²) < 4.78 is 5.41. The zero-order valence-electron chi connectivity index (χ0n) is 10.2. The number of morpholine rings is 1. The highest BCUT2D eigenvalue weighted by atomic mass is 16.5. The van der Waals surface area contributed by atoms with Gasteiger partial charge in [0.1, 0.15) is 0 Å². The highest BCUT2D eigenvalue weighted by molar-refractivity contribution is 5.75. The lowest BCUT2D eigenvalue weighted by molar-refractivity contribution is -0.0213. The number of urea groups is 1. The number of rotatable bonds is 2. The van der Waals surface area contributed by atoms with Crippen LogP contribution >= 0.6 is 0 Å². The molecule has 0 aromatic heterocycles. The van der Waals surface area contributed by atoms with Crippen molar-refractivity contribution >= 4 is 6.03 Å². The molecular weight excluding hydrogens is 192 g/mol. The average molecular weight is 214 g/mol. The first-order chi connectivity index (χ1) is 7.11. The van der Waals surface area contributed by atoms with Crippen molar-refractivity contribution in [3.05, 3.63) is 0 Å². The average Bonchev–Trinajstić information content (AvgIpc) is 2.19. The van der Waals surface area contributed by atoms with Crippen LogP contribution in [-0.2, 0) is 4.74 Å². The van der Waals surface area contributed by atoms with Gasteiger partial charge in [-0.2, -0.15) is 0 Å². The molecule has 0 aliphatic carbocycles. The lowest BCUT2D eigenvalue weighted by atomic mass is 10.2. The first kappa shape index (κ1) is 12.3. The molecule has 2 amide bonds. The van der Waals surface area contributed by atoms with Gasteiger partial charge in [0.2, 0.25) is 0 Å². The van der Waals surface area contributed by atoms with E-state index in [-0.39, 0.29) is 18.1 Å². The standard InChI is InChI=1S/C11H22N2O2/c1-5-12(6-2)11(14)13-9(3)7-15-8-10(13)4/h9-10H,5-8H2,1-4H3. The summed E-state index contributed by atoms with van der Waals surface area (Å²) in [5, 5.41) is 0. The second-order valence-electron chi connectivity index (χ2n) is 4.10. The van der Waals surface area contributed by atoms with E-state index in [4.69, 9.17) is 4.74 Å². The SMILES string of the molecule is CCN(CC)C(=O)N1C(C)COCC1C. The van der Waals surface area contributed by atoms with Crippen LogP contribution in [-0.4, -0.2) is 54.2 Å². The van der Waals surface area contributed by atoms with E-state index in [2.05, 4.69) is 0 Å². The van der Waals surface area contributed by atoms with Gasteiger partial charge in [0.25, 0.3) is 0 Å². The maximum Gasteiger partial charge on any atom is 0.320 e. The van der Waals surface area contributed by atoms with Crippen molar-refractivity contribution in [3.8, 4) is 0 Å². The Morgan fingerprint density at radius 2 is 1.73 bits per heavy atom. The molecule has 0 radical (unpaired) electrons. The Hall–Kier alpha value is -0.770. The van der Waals surface area contributed by atoms with Gasteiger partial charge in [-0.3, -0.25) is 0 Å². The van der Waals surface area contributed by atoms with Gasteiger partial charge in [0.05, 0.1) is 25.3 Å². The monoisotopic (exact) mass is 214 g/mol. The molecule has 0 spiro atoms. The van der Waals surface area contributed by atoms with Crippen LogP contribution in [0.3, 0.4) is 0 Å². The van der Waals surface area contributed by atoms with E-state index in [1.807, 2.05) is 37.5 Å². The molecule has 0 saturated carbocycles.